The fourth-order valence-electron chi connectivity index (χ4n) is 2.93. The molecule has 2 aromatic heterocycles. The van der Waals surface area contributed by atoms with Gasteiger partial charge < -0.3 is 14.8 Å². The molecule has 0 spiro atoms. The first-order chi connectivity index (χ1) is 10.7. The lowest BCUT2D eigenvalue weighted by Gasteiger charge is -2.35. The van der Waals surface area contributed by atoms with Gasteiger partial charge in [-0.3, -0.25) is 4.79 Å². The Balaban J connectivity index is 1.60. The average molecular weight is 317 g/mol. The molecule has 2 aliphatic rings. The molecule has 1 saturated carbocycles. The van der Waals surface area contributed by atoms with Crippen molar-refractivity contribution < 1.29 is 4.79 Å². The molecule has 1 saturated heterocycles. The van der Waals surface area contributed by atoms with E-state index < -0.39 is 0 Å². The lowest BCUT2D eigenvalue weighted by atomic mass is 10.1. The molecule has 6 nitrogen and oxygen atoms in total. The molecule has 4 rings (SSSR count). The minimum atomic E-state index is -0.0349. The van der Waals surface area contributed by atoms with Crippen LogP contribution in [-0.2, 0) is 7.05 Å². The molecule has 1 amide bonds. The largest absolute Gasteiger partial charge is 0.336 e. The Morgan fingerprint density at radius 2 is 2.32 bits per heavy atom. The third kappa shape index (κ3) is 2.44. The second-order valence-electron chi connectivity index (χ2n) is 5.96. The van der Waals surface area contributed by atoms with Crippen molar-refractivity contribution in [1.82, 2.24) is 24.8 Å². The molecular formula is C15H19N5OS. The van der Waals surface area contributed by atoms with Crippen molar-refractivity contribution in [3.05, 3.63) is 34.3 Å². The number of piperazine rings is 1. The molecule has 7 heteroatoms. The van der Waals surface area contributed by atoms with Crippen molar-refractivity contribution in [1.29, 1.82) is 0 Å². The van der Waals surface area contributed by atoms with E-state index in [1.54, 1.807) is 17.5 Å². The number of imidazole rings is 1. The van der Waals surface area contributed by atoms with Crippen LogP contribution in [-0.4, -0.2) is 45.0 Å². The van der Waals surface area contributed by atoms with Gasteiger partial charge in [0, 0.05) is 50.4 Å². The molecule has 116 valence electrons. The lowest BCUT2D eigenvalue weighted by Crippen LogP contribution is -2.49. The topological polar surface area (TPSA) is 63.1 Å². The van der Waals surface area contributed by atoms with E-state index in [1.165, 1.54) is 12.8 Å². The fraction of sp³-hybridized carbons (Fsp3) is 0.533. The summed E-state index contributed by atoms with van der Waals surface area (Å²) in [7, 11) is 1.97. The van der Waals surface area contributed by atoms with E-state index >= 15 is 0 Å². The molecule has 1 aliphatic heterocycles. The van der Waals surface area contributed by atoms with Crippen molar-refractivity contribution in [2.24, 2.45) is 7.05 Å². The second kappa shape index (κ2) is 5.48. The summed E-state index contributed by atoms with van der Waals surface area (Å²) in [4.78, 5) is 23.8. The van der Waals surface area contributed by atoms with E-state index in [2.05, 4.69) is 15.3 Å². The number of rotatable bonds is 3. The van der Waals surface area contributed by atoms with Crippen molar-refractivity contribution in [2.45, 2.75) is 24.8 Å². The predicted molar refractivity (Wildman–Crippen MR) is 83.9 cm³/mol. The van der Waals surface area contributed by atoms with Gasteiger partial charge in [0.2, 0.25) is 0 Å². The SMILES string of the molecule is Cn1ccnc1C1CNCCN1C(=O)c1csc(C2CC2)n1. The summed E-state index contributed by atoms with van der Waals surface area (Å²) in [6.45, 7) is 2.23. The van der Waals surface area contributed by atoms with Gasteiger partial charge in [-0.15, -0.1) is 11.3 Å². The molecule has 1 unspecified atom stereocenters. The lowest BCUT2D eigenvalue weighted by molar-refractivity contribution is 0.0615. The molecule has 0 bridgehead atoms. The van der Waals surface area contributed by atoms with Gasteiger partial charge in [-0.1, -0.05) is 0 Å². The van der Waals surface area contributed by atoms with Gasteiger partial charge in [-0.2, -0.15) is 0 Å². The summed E-state index contributed by atoms with van der Waals surface area (Å²) in [5, 5.41) is 6.38. The fourth-order valence-corrected chi connectivity index (χ4v) is 3.89. The Bertz CT molecular complexity index is 690. The molecule has 22 heavy (non-hydrogen) atoms. The highest BCUT2D eigenvalue weighted by Gasteiger charge is 2.33. The molecule has 1 aliphatic carbocycles. The Hall–Kier alpha value is -1.73. The highest BCUT2D eigenvalue weighted by atomic mass is 32.1. The van der Waals surface area contributed by atoms with Crippen LogP contribution in [0.5, 0.6) is 0 Å². The third-order valence-electron chi connectivity index (χ3n) is 4.33. The van der Waals surface area contributed by atoms with E-state index in [1.807, 2.05) is 28.1 Å². The van der Waals surface area contributed by atoms with E-state index in [0.29, 0.717) is 18.2 Å². The predicted octanol–water partition coefficient (Wildman–Crippen LogP) is 1.54. The first-order valence-corrected chi connectivity index (χ1v) is 8.56. The van der Waals surface area contributed by atoms with Crippen LogP contribution in [0.3, 0.4) is 0 Å². The summed E-state index contributed by atoms with van der Waals surface area (Å²) in [5.41, 5.74) is 0.591. The van der Waals surface area contributed by atoms with Gasteiger partial charge in [0.1, 0.15) is 17.6 Å². The Morgan fingerprint density at radius 1 is 1.45 bits per heavy atom. The quantitative estimate of drug-likeness (QED) is 0.933. The van der Waals surface area contributed by atoms with Crippen LogP contribution in [0, 0.1) is 0 Å². The van der Waals surface area contributed by atoms with Crippen molar-refractivity contribution in [3.8, 4) is 0 Å². The minimum Gasteiger partial charge on any atom is -0.336 e. The number of amides is 1. The zero-order valence-electron chi connectivity index (χ0n) is 12.5. The molecule has 2 aromatic rings. The van der Waals surface area contributed by atoms with Gasteiger partial charge in [0.25, 0.3) is 5.91 Å². The first kappa shape index (κ1) is 13.9. The number of hydrogen-bond donors (Lipinski definition) is 1. The van der Waals surface area contributed by atoms with E-state index in [-0.39, 0.29) is 11.9 Å². The Labute approximate surface area is 133 Å². The Kier molecular flexibility index (Phi) is 3.46. The first-order valence-electron chi connectivity index (χ1n) is 7.68. The molecule has 1 atom stereocenters. The number of thiazole rings is 1. The Morgan fingerprint density at radius 3 is 3.05 bits per heavy atom. The van der Waals surface area contributed by atoms with Gasteiger partial charge in [0.15, 0.2) is 0 Å². The highest BCUT2D eigenvalue weighted by molar-refractivity contribution is 7.10. The van der Waals surface area contributed by atoms with E-state index in [0.717, 1.165) is 23.9 Å². The summed E-state index contributed by atoms with van der Waals surface area (Å²) in [6.07, 6.45) is 6.12. The number of aromatic nitrogens is 3. The van der Waals surface area contributed by atoms with E-state index in [4.69, 9.17) is 0 Å². The minimum absolute atomic E-state index is 0.0256. The maximum absolute atomic E-state index is 12.9. The second-order valence-corrected chi connectivity index (χ2v) is 6.85. The standard InChI is InChI=1S/C15H19N5OS/c1-19-6-5-17-13(19)12-8-16-4-7-20(12)15(21)11-9-22-14(18-11)10-2-3-10/h5-6,9-10,12,16H,2-4,7-8H2,1H3. The third-order valence-corrected chi connectivity index (χ3v) is 5.34. The van der Waals surface area contributed by atoms with Gasteiger partial charge >= 0.3 is 0 Å². The number of carbonyl (C=O) groups is 1. The van der Waals surface area contributed by atoms with Crippen LogP contribution >= 0.6 is 11.3 Å². The summed E-state index contributed by atoms with van der Waals surface area (Å²) in [5.74, 6) is 1.54. The summed E-state index contributed by atoms with van der Waals surface area (Å²) >= 11 is 1.62. The zero-order valence-corrected chi connectivity index (χ0v) is 13.3. The van der Waals surface area contributed by atoms with E-state index in [9.17, 15) is 4.79 Å². The summed E-state index contributed by atoms with van der Waals surface area (Å²) < 4.78 is 1.98. The van der Waals surface area contributed by atoms with Gasteiger partial charge in [0.05, 0.1) is 5.01 Å². The van der Waals surface area contributed by atoms with Crippen molar-refractivity contribution in [3.63, 3.8) is 0 Å². The normalized spacial score (nSPS) is 22.0. The van der Waals surface area contributed by atoms with Crippen LogP contribution in [0.4, 0.5) is 0 Å². The highest BCUT2D eigenvalue weighted by Crippen LogP contribution is 2.41. The smallest absolute Gasteiger partial charge is 0.274 e. The zero-order chi connectivity index (χ0) is 15.1. The average Bonchev–Trinajstić information content (AvgIpc) is 3.11. The van der Waals surface area contributed by atoms with Crippen LogP contribution < -0.4 is 5.32 Å². The van der Waals surface area contributed by atoms with Crippen LogP contribution in [0.2, 0.25) is 0 Å². The van der Waals surface area contributed by atoms with Crippen LogP contribution in [0.25, 0.3) is 0 Å². The van der Waals surface area contributed by atoms with Crippen LogP contribution in [0.15, 0.2) is 17.8 Å². The summed E-state index contributed by atoms with van der Waals surface area (Å²) in [6, 6.07) is -0.0349. The maximum Gasteiger partial charge on any atom is 0.274 e. The molecule has 0 aromatic carbocycles. The molecule has 3 heterocycles. The number of aryl methyl sites for hydroxylation is 1. The molecule has 1 N–H and O–H groups in total. The molecule has 0 radical (unpaired) electrons. The van der Waals surface area contributed by atoms with Gasteiger partial charge in [-0.25, -0.2) is 9.97 Å². The van der Waals surface area contributed by atoms with Crippen molar-refractivity contribution >= 4 is 17.2 Å². The van der Waals surface area contributed by atoms with Crippen molar-refractivity contribution in [2.75, 3.05) is 19.6 Å². The maximum atomic E-state index is 12.9. The number of nitrogens with one attached hydrogen (secondary N) is 1. The van der Waals surface area contributed by atoms with Gasteiger partial charge in [-0.05, 0) is 12.8 Å². The number of carbonyl (C=O) groups excluding carboxylic acids is 1. The number of nitrogens with zero attached hydrogens (tertiary/aromatic N) is 4. The van der Waals surface area contributed by atoms with Crippen LogP contribution in [0.1, 0.15) is 46.1 Å². The monoisotopic (exact) mass is 317 g/mol. The molecule has 2 fully saturated rings. The number of hydrogen-bond acceptors (Lipinski definition) is 5. The molecular weight excluding hydrogens is 298 g/mol.